The van der Waals surface area contributed by atoms with Gasteiger partial charge in [0.1, 0.15) is 12.3 Å². The van der Waals surface area contributed by atoms with E-state index in [1.807, 2.05) is 24.3 Å². The third-order valence-electron chi connectivity index (χ3n) is 4.39. The fourth-order valence-corrected chi connectivity index (χ4v) is 3.61. The molecule has 0 aliphatic heterocycles. The zero-order chi connectivity index (χ0) is 22.3. The molecule has 1 N–H and O–H groups in total. The quantitative estimate of drug-likeness (QED) is 0.647. The van der Waals surface area contributed by atoms with Crippen LogP contribution in [0.1, 0.15) is 15.9 Å². The highest BCUT2D eigenvalue weighted by Crippen LogP contribution is 2.19. The van der Waals surface area contributed by atoms with Crippen LogP contribution >= 0.6 is 0 Å². The molecule has 0 radical (unpaired) electrons. The predicted octanol–water partition coefficient (Wildman–Crippen LogP) is 1.52. The molecule has 30 heavy (non-hydrogen) atoms. The molecule has 0 aliphatic rings. The van der Waals surface area contributed by atoms with Crippen molar-refractivity contribution in [1.82, 2.24) is 10.2 Å². The Kier molecular flexibility index (Phi) is 7.82. The van der Waals surface area contributed by atoms with Crippen molar-refractivity contribution in [3.05, 3.63) is 59.7 Å². The Labute approximate surface area is 177 Å². The van der Waals surface area contributed by atoms with Gasteiger partial charge in [-0.2, -0.15) is 0 Å². The Balaban J connectivity index is 2.00. The van der Waals surface area contributed by atoms with Crippen molar-refractivity contribution in [1.29, 1.82) is 0 Å². The monoisotopic (exact) mass is 433 g/mol. The van der Waals surface area contributed by atoms with Crippen LogP contribution in [0.5, 0.6) is 5.75 Å². The fourth-order valence-electron chi connectivity index (χ4n) is 2.75. The van der Waals surface area contributed by atoms with Crippen LogP contribution in [0.25, 0.3) is 0 Å². The van der Waals surface area contributed by atoms with Gasteiger partial charge in [0.25, 0.3) is 5.91 Å². The standard InChI is InChI=1S/C21H27N3O5S/c1-23(2)21(26)17-7-9-18(10-8-17)24(30(4,27)28)15-20(25)22-14-13-16-5-11-19(29-3)12-6-16/h5-12H,13-15H2,1-4H3,(H,22,25). The summed E-state index contributed by atoms with van der Waals surface area (Å²) in [6, 6.07) is 13.6. The second kappa shape index (κ2) is 10.1. The van der Waals surface area contributed by atoms with E-state index in [1.54, 1.807) is 21.2 Å². The van der Waals surface area contributed by atoms with Crippen LogP contribution in [0.15, 0.2) is 48.5 Å². The van der Waals surface area contributed by atoms with Crippen LogP contribution < -0.4 is 14.4 Å². The highest BCUT2D eigenvalue weighted by Gasteiger charge is 2.21. The summed E-state index contributed by atoms with van der Waals surface area (Å²) in [7, 11) is 1.18. The van der Waals surface area contributed by atoms with Crippen molar-refractivity contribution in [3.8, 4) is 5.75 Å². The molecule has 0 spiro atoms. The van der Waals surface area contributed by atoms with Gasteiger partial charge in [-0.05, 0) is 48.4 Å². The van der Waals surface area contributed by atoms with Gasteiger partial charge in [-0.3, -0.25) is 13.9 Å². The molecule has 0 fully saturated rings. The van der Waals surface area contributed by atoms with Crippen molar-refractivity contribution in [3.63, 3.8) is 0 Å². The number of sulfonamides is 1. The third kappa shape index (κ3) is 6.48. The average molecular weight is 434 g/mol. The van der Waals surface area contributed by atoms with Crippen LogP contribution in [0.4, 0.5) is 5.69 Å². The average Bonchev–Trinajstić information content (AvgIpc) is 2.71. The summed E-state index contributed by atoms with van der Waals surface area (Å²) < 4.78 is 30.5. The van der Waals surface area contributed by atoms with E-state index in [0.29, 0.717) is 24.2 Å². The van der Waals surface area contributed by atoms with Crippen LogP contribution in [0.2, 0.25) is 0 Å². The van der Waals surface area contributed by atoms with Gasteiger partial charge in [-0.1, -0.05) is 12.1 Å². The number of rotatable bonds is 9. The zero-order valence-corrected chi connectivity index (χ0v) is 18.4. The molecule has 0 bridgehead atoms. The number of benzene rings is 2. The minimum Gasteiger partial charge on any atom is -0.497 e. The highest BCUT2D eigenvalue weighted by atomic mass is 32.2. The Bertz CT molecular complexity index is 971. The summed E-state index contributed by atoms with van der Waals surface area (Å²) >= 11 is 0. The summed E-state index contributed by atoms with van der Waals surface area (Å²) in [4.78, 5) is 25.8. The number of anilines is 1. The van der Waals surface area contributed by atoms with Gasteiger partial charge < -0.3 is 15.0 Å². The highest BCUT2D eigenvalue weighted by molar-refractivity contribution is 7.92. The van der Waals surface area contributed by atoms with Gasteiger partial charge >= 0.3 is 0 Å². The number of methoxy groups -OCH3 is 1. The lowest BCUT2D eigenvalue weighted by molar-refractivity contribution is -0.119. The predicted molar refractivity (Wildman–Crippen MR) is 116 cm³/mol. The first-order valence-electron chi connectivity index (χ1n) is 9.31. The second-order valence-electron chi connectivity index (χ2n) is 6.96. The second-order valence-corrected chi connectivity index (χ2v) is 8.87. The fraction of sp³-hybridized carbons (Fsp3) is 0.333. The number of hydrogen-bond acceptors (Lipinski definition) is 5. The van der Waals surface area contributed by atoms with E-state index >= 15 is 0 Å². The number of carbonyl (C=O) groups is 2. The van der Waals surface area contributed by atoms with E-state index < -0.39 is 15.9 Å². The summed E-state index contributed by atoms with van der Waals surface area (Å²) in [6.45, 7) is 0.0292. The maximum absolute atomic E-state index is 12.3. The number of ether oxygens (including phenoxy) is 1. The number of hydrogen-bond donors (Lipinski definition) is 1. The number of amides is 2. The van der Waals surface area contributed by atoms with Gasteiger partial charge in [0.05, 0.1) is 19.1 Å². The molecule has 0 atom stereocenters. The van der Waals surface area contributed by atoms with Crippen molar-refractivity contribution in [2.45, 2.75) is 6.42 Å². The Hall–Kier alpha value is -3.07. The van der Waals surface area contributed by atoms with E-state index in [4.69, 9.17) is 4.74 Å². The molecule has 2 rings (SSSR count). The molecule has 2 aromatic rings. The van der Waals surface area contributed by atoms with Gasteiger partial charge in [0.15, 0.2) is 0 Å². The summed E-state index contributed by atoms with van der Waals surface area (Å²) in [5, 5.41) is 2.74. The number of nitrogens with one attached hydrogen (secondary N) is 1. The van der Waals surface area contributed by atoms with Crippen molar-refractivity contribution >= 4 is 27.5 Å². The normalized spacial score (nSPS) is 10.9. The van der Waals surface area contributed by atoms with Gasteiger partial charge in [0.2, 0.25) is 15.9 Å². The molecule has 0 unspecified atom stereocenters. The molecule has 2 aromatic carbocycles. The van der Waals surface area contributed by atoms with Crippen molar-refractivity contribution in [2.75, 3.05) is 44.9 Å². The Morgan fingerprint density at radius 1 is 1.00 bits per heavy atom. The van der Waals surface area contributed by atoms with E-state index in [-0.39, 0.29) is 12.5 Å². The van der Waals surface area contributed by atoms with Crippen LogP contribution in [0.3, 0.4) is 0 Å². The molecule has 2 amide bonds. The van der Waals surface area contributed by atoms with Crippen LogP contribution in [0, 0.1) is 0 Å². The first-order valence-corrected chi connectivity index (χ1v) is 11.2. The lowest BCUT2D eigenvalue weighted by Crippen LogP contribution is -2.41. The third-order valence-corrected chi connectivity index (χ3v) is 5.53. The number of carbonyl (C=O) groups excluding carboxylic acids is 2. The summed E-state index contributed by atoms with van der Waals surface area (Å²) in [5.74, 6) is 0.149. The molecular weight excluding hydrogens is 406 g/mol. The molecule has 0 saturated heterocycles. The first-order chi connectivity index (χ1) is 14.1. The molecule has 0 saturated carbocycles. The molecule has 162 valence electrons. The zero-order valence-electron chi connectivity index (χ0n) is 17.6. The molecule has 9 heteroatoms. The smallest absolute Gasteiger partial charge is 0.253 e. The van der Waals surface area contributed by atoms with E-state index in [2.05, 4.69) is 5.32 Å². The number of nitrogens with zero attached hydrogens (tertiary/aromatic N) is 2. The maximum Gasteiger partial charge on any atom is 0.253 e. The van der Waals surface area contributed by atoms with Crippen LogP contribution in [-0.2, 0) is 21.2 Å². The lowest BCUT2D eigenvalue weighted by Gasteiger charge is -2.22. The van der Waals surface area contributed by atoms with Gasteiger partial charge in [-0.25, -0.2) is 8.42 Å². The minimum atomic E-state index is -3.68. The topological polar surface area (TPSA) is 96.0 Å². The minimum absolute atomic E-state index is 0.191. The lowest BCUT2D eigenvalue weighted by atomic mass is 10.1. The maximum atomic E-state index is 12.3. The Morgan fingerprint density at radius 3 is 2.10 bits per heavy atom. The summed E-state index contributed by atoms with van der Waals surface area (Å²) in [6.07, 6.45) is 1.65. The Morgan fingerprint density at radius 2 is 1.60 bits per heavy atom. The largest absolute Gasteiger partial charge is 0.497 e. The molecule has 0 aliphatic carbocycles. The van der Waals surface area contributed by atoms with Crippen molar-refractivity contribution in [2.24, 2.45) is 0 Å². The van der Waals surface area contributed by atoms with E-state index in [1.165, 1.54) is 29.2 Å². The molecular formula is C21H27N3O5S. The summed E-state index contributed by atoms with van der Waals surface area (Å²) in [5.41, 5.74) is 1.77. The molecule has 0 aromatic heterocycles. The molecule has 8 nitrogen and oxygen atoms in total. The van der Waals surface area contributed by atoms with Crippen molar-refractivity contribution < 1.29 is 22.7 Å². The van der Waals surface area contributed by atoms with Crippen LogP contribution in [-0.4, -0.2) is 65.7 Å². The van der Waals surface area contributed by atoms with Gasteiger partial charge in [0, 0.05) is 26.2 Å². The van der Waals surface area contributed by atoms with Gasteiger partial charge in [-0.15, -0.1) is 0 Å². The SMILES string of the molecule is COc1ccc(CCNC(=O)CN(c2ccc(C(=O)N(C)C)cc2)S(C)(=O)=O)cc1. The molecule has 0 heterocycles. The van der Waals surface area contributed by atoms with E-state index in [0.717, 1.165) is 21.9 Å². The van der Waals surface area contributed by atoms with E-state index in [9.17, 15) is 18.0 Å². The first kappa shape index (κ1) is 23.2.